The number of nitrogens with zero attached hydrogens (tertiary/aromatic N) is 3. The van der Waals surface area contributed by atoms with Gasteiger partial charge in [0, 0.05) is 13.0 Å². The van der Waals surface area contributed by atoms with Gasteiger partial charge in [-0.1, -0.05) is 12.1 Å². The van der Waals surface area contributed by atoms with Crippen molar-refractivity contribution in [1.29, 1.82) is 0 Å². The first-order chi connectivity index (χ1) is 12.7. The van der Waals surface area contributed by atoms with Crippen LogP contribution in [0.3, 0.4) is 0 Å². The summed E-state index contributed by atoms with van der Waals surface area (Å²) in [4.78, 5) is 22.6. The van der Waals surface area contributed by atoms with Crippen LogP contribution < -0.4 is 0 Å². The highest BCUT2D eigenvalue weighted by molar-refractivity contribution is 5.91. The largest absolute Gasteiger partial charge is 0.443 e. The molecule has 1 saturated heterocycles. The van der Waals surface area contributed by atoms with Crippen LogP contribution in [0.25, 0.3) is 0 Å². The summed E-state index contributed by atoms with van der Waals surface area (Å²) in [6, 6.07) is 6.07. The number of aromatic nitrogens is 2. The smallest absolute Gasteiger partial charge is 0.291 e. The Hall–Kier alpha value is -2.96. The Morgan fingerprint density at radius 1 is 1.23 bits per heavy atom. The lowest BCUT2D eigenvalue weighted by Gasteiger charge is -2.33. The van der Waals surface area contributed by atoms with Gasteiger partial charge in [0.1, 0.15) is 17.6 Å². The molecule has 0 bridgehead atoms. The van der Waals surface area contributed by atoms with Crippen LogP contribution in [0.15, 0.2) is 51.9 Å². The molecule has 3 heterocycles. The molecule has 1 aromatic carbocycles. The third-order valence-electron chi connectivity index (χ3n) is 4.55. The summed E-state index contributed by atoms with van der Waals surface area (Å²) >= 11 is 0. The maximum absolute atomic E-state index is 13.0. The Bertz CT molecular complexity index is 874. The van der Waals surface area contributed by atoms with Crippen molar-refractivity contribution in [2.24, 2.45) is 0 Å². The number of amides is 1. The molecule has 26 heavy (non-hydrogen) atoms. The molecule has 0 aliphatic carbocycles. The van der Waals surface area contributed by atoms with Gasteiger partial charge in [0.05, 0.1) is 12.4 Å². The molecule has 1 aliphatic rings. The molecule has 1 atom stereocenters. The molecule has 1 amide bonds. The summed E-state index contributed by atoms with van der Waals surface area (Å²) in [6.07, 6.45) is 7.58. The predicted octanol–water partition coefficient (Wildman–Crippen LogP) is 3.76. The van der Waals surface area contributed by atoms with E-state index in [1.54, 1.807) is 23.2 Å². The Balaban J connectivity index is 1.52. The molecule has 4 rings (SSSR count). The van der Waals surface area contributed by atoms with Crippen molar-refractivity contribution in [3.05, 3.63) is 71.8 Å². The third kappa shape index (κ3) is 3.37. The van der Waals surface area contributed by atoms with E-state index in [-0.39, 0.29) is 23.5 Å². The lowest BCUT2D eigenvalue weighted by Crippen LogP contribution is -2.38. The summed E-state index contributed by atoms with van der Waals surface area (Å²) in [5.74, 6) is 0.954. The number of hydrogen-bond donors (Lipinski definition) is 0. The van der Waals surface area contributed by atoms with E-state index in [0.717, 1.165) is 24.8 Å². The Kier molecular flexibility index (Phi) is 4.51. The highest BCUT2D eigenvalue weighted by Crippen LogP contribution is 2.32. The SMILES string of the molecule is O=C(c1cnco1)N1CCCCC1c1ncc(Cc2ccc(F)cc2)o1. The average Bonchev–Trinajstić information content (AvgIpc) is 3.35. The van der Waals surface area contributed by atoms with Crippen LogP contribution in [-0.2, 0) is 6.42 Å². The van der Waals surface area contributed by atoms with Crippen molar-refractivity contribution in [2.45, 2.75) is 31.7 Å². The summed E-state index contributed by atoms with van der Waals surface area (Å²) in [6.45, 7) is 0.625. The van der Waals surface area contributed by atoms with Crippen molar-refractivity contribution < 1.29 is 18.0 Å². The molecular weight excluding hydrogens is 337 g/mol. The molecule has 3 aromatic rings. The van der Waals surface area contributed by atoms with Gasteiger partial charge in [0.2, 0.25) is 11.7 Å². The topological polar surface area (TPSA) is 72.4 Å². The molecule has 6 nitrogen and oxygen atoms in total. The molecule has 7 heteroatoms. The van der Waals surface area contributed by atoms with Crippen LogP contribution in [0.2, 0.25) is 0 Å². The van der Waals surface area contributed by atoms with Crippen LogP contribution in [0, 0.1) is 5.82 Å². The minimum absolute atomic E-state index is 0.203. The molecule has 1 aliphatic heterocycles. The number of carbonyl (C=O) groups excluding carboxylic acids is 1. The van der Waals surface area contributed by atoms with Crippen molar-refractivity contribution >= 4 is 5.91 Å². The van der Waals surface area contributed by atoms with Crippen LogP contribution in [0.1, 0.15) is 53.1 Å². The zero-order chi connectivity index (χ0) is 17.9. The number of benzene rings is 1. The fourth-order valence-electron chi connectivity index (χ4n) is 3.26. The van der Waals surface area contributed by atoms with Gasteiger partial charge in [-0.25, -0.2) is 14.4 Å². The average molecular weight is 355 g/mol. The van der Waals surface area contributed by atoms with Crippen LogP contribution in [0.4, 0.5) is 4.39 Å². The van der Waals surface area contributed by atoms with Crippen molar-refractivity contribution in [2.75, 3.05) is 6.54 Å². The Morgan fingerprint density at radius 3 is 2.85 bits per heavy atom. The zero-order valence-corrected chi connectivity index (χ0v) is 14.1. The van der Waals surface area contributed by atoms with Gasteiger partial charge in [-0.3, -0.25) is 4.79 Å². The van der Waals surface area contributed by atoms with Crippen molar-refractivity contribution in [1.82, 2.24) is 14.9 Å². The minimum atomic E-state index is -0.268. The van der Waals surface area contributed by atoms with Crippen LogP contribution >= 0.6 is 0 Å². The van der Waals surface area contributed by atoms with E-state index in [1.165, 1.54) is 24.7 Å². The first-order valence-corrected chi connectivity index (χ1v) is 8.59. The van der Waals surface area contributed by atoms with Crippen LogP contribution in [-0.4, -0.2) is 27.3 Å². The third-order valence-corrected chi connectivity index (χ3v) is 4.55. The molecule has 0 N–H and O–H groups in total. The van der Waals surface area contributed by atoms with E-state index in [9.17, 15) is 9.18 Å². The van der Waals surface area contributed by atoms with Gasteiger partial charge in [-0.05, 0) is 37.0 Å². The number of carbonyl (C=O) groups is 1. The zero-order valence-electron chi connectivity index (χ0n) is 14.1. The Morgan fingerprint density at radius 2 is 2.08 bits per heavy atom. The lowest BCUT2D eigenvalue weighted by atomic mass is 10.0. The number of hydrogen-bond acceptors (Lipinski definition) is 5. The molecule has 2 aromatic heterocycles. The number of piperidine rings is 1. The van der Waals surface area contributed by atoms with E-state index in [4.69, 9.17) is 8.83 Å². The summed E-state index contributed by atoms with van der Waals surface area (Å²) in [5.41, 5.74) is 0.937. The van der Waals surface area contributed by atoms with Gasteiger partial charge in [-0.15, -0.1) is 0 Å². The lowest BCUT2D eigenvalue weighted by molar-refractivity contribution is 0.0538. The monoisotopic (exact) mass is 355 g/mol. The summed E-state index contributed by atoms with van der Waals surface area (Å²) < 4.78 is 24.1. The van der Waals surface area contributed by atoms with E-state index < -0.39 is 0 Å². The number of oxazole rings is 2. The van der Waals surface area contributed by atoms with Gasteiger partial charge in [0.15, 0.2) is 6.39 Å². The molecule has 0 spiro atoms. The molecule has 134 valence electrons. The van der Waals surface area contributed by atoms with E-state index >= 15 is 0 Å². The van der Waals surface area contributed by atoms with Crippen LogP contribution in [0.5, 0.6) is 0 Å². The number of halogens is 1. The Labute approximate surface area is 149 Å². The molecular formula is C19H18FN3O3. The fourth-order valence-corrected chi connectivity index (χ4v) is 3.26. The maximum Gasteiger partial charge on any atom is 0.291 e. The van der Waals surface area contributed by atoms with E-state index in [1.807, 2.05) is 0 Å². The second kappa shape index (κ2) is 7.11. The molecule has 0 radical (unpaired) electrons. The first-order valence-electron chi connectivity index (χ1n) is 8.59. The summed E-state index contributed by atoms with van der Waals surface area (Å²) in [5, 5.41) is 0. The van der Waals surface area contributed by atoms with Gasteiger partial charge in [-0.2, -0.15) is 0 Å². The van der Waals surface area contributed by atoms with Gasteiger partial charge >= 0.3 is 0 Å². The van der Waals surface area contributed by atoms with Crippen molar-refractivity contribution in [3.8, 4) is 0 Å². The number of likely N-dealkylation sites (tertiary alicyclic amines) is 1. The quantitative estimate of drug-likeness (QED) is 0.712. The first kappa shape index (κ1) is 16.5. The minimum Gasteiger partial charge on any atom is -0.443 e. The van der Waals surface area contributed by atoms with E-state index in [0.29, 0.717) is 24.6 Å². The standard InChI is InChI=1S/C19H18FN3O3/c20-14-6-4-13(5-7-14)9-15-10-22-18(26-15)16-3-1-2-8-23(16)19(24)17-11-21-12-25-17/h4-7,10-12,16H,1-3,8-9H2. The second-order valence-corrected chi connectivity index (χ2v) is 6.34. The summed E-state index contributed by atoms with van der Waals surface area (Å²) in [7, 11) is 0. The maximum atomic E-state index is 13.0. The predicted molar refractivity (Wildman–Crippen MR) is 89.8 cm³/mol. The fraction of sp³-hybridized carbons (Fsp3) is 0.316. The molecule has 1 unspecified atom stereocenters. The normalized spacial score (nSPS) is 17.4. The van der Waals surface area contributed by atoms with Crippen molar-refractivity contribution in [3.63, 3.8) is 0 Å². The number of rotatable bonds is 4. The molecule has 1 fully saturated rings. The molecule has 0 saturated carbocycles. The van der Waals surface area contributed by atoms with Gasteiger partial charge < -0.3 is 13.7 Å². The highest BCUT2D eigenvalue weighted by Gasteiger charge is 2.33. The highest BCUT2D eigenvalue weighted by atomic mass is 19.1. The second-order valence-electron chi connectivity index (χ2n) is 6.34. The van der Waals surface area contributed by atoms with Gasteiger partial charge in [0.25, 0.3) is 5.91 Å². The van der Waals surface area contributed by atoms with E-state index in [2.05, 4.69) is 9.97 Å².